The molecular weight excluding hydrogens is 312 g/mol. The summed E-state index contributed by atoms with van der Waals surface area (Å²) >= 11 is 0. The van der Waals surface area contributed by atoms with Crippen LogP contribution in [0.2, 0.25) is 0 Å². The van der Waals surface area contributed by atoms with Gasteiger partial charge in [0.25, 0.3) is 0 Å². The van der Waals surface area contributed by atoms with Crippen LogP contribution in [0.15, 0.2) is 0 Å². The quantitative estimate of drug-likeness (QED) is 0.746. The van der Waals surface area contributed by atoms with Gasteiger partial charge in [-0.15, -0.1) is 0 Å². The molecule has 7 heteroatoms. The first kappa shape index (κ1) is 22.2. The highest BCUT2D eigenvalue weighted by Gasteiger charge is 2.36. The van der Waals surface area contributed by atoms with E-state index in [0.29, 0.717) is 0 Å². The molecule has 0 spiro atoms. The third-order valence-electron chi connectivity index (χ3n) is 3.21. The first-order chi connectivity index (χ1) is 10.7. The summed E-state index contributed by atoms with van der Waals surface area (Å²) in [4.78, 5) is 36.5. The van der Waals surface area contributed by atoms with Crippen LogP contribution < -0.4 is 10.6 Å². The summed E-state index contributed by atoms with van der Waals surface area (Å²) in [5.41, 5.74) is -1.24. The van der Waals surface area contributed by atoms with Crippen molar-refractivity contribution in [2.24, 2.45) is 11.3 Å². The molecule has 0 aromatic rings. The minimum atomic E-state index is -0.863. The van der Waals surface area contributed by atoms with E-state index in [9.17, 15) is 14.4 Å². The molecule has 0 aliphatic heterocycles. The van der Waals surface area contributed by atoms with Gasteiger partial charge in [-0.2, -0.15) is 0 Å². The van der Waals surface area contributed by atoms with Crippen LogP contribution in [0.5, 0.6) is 0 Å². The van der Waals surface area contributed by atoms with E-state index in [4.69, 9.17) is 9.47 Å². The molecule has 140 valence electrons. The highest BCUT2D eigenvalue weighted by Crippen LogP contribution is 2.21. The first-order valence-corrected chi connectivity index (χ1v) is 8.06. The zero-order chi connectivity index (χ0) is 19.3. The second-order valence-corrected chi connectivity index (χ2v) is 8.20. The third kappa shape index (κ3) is 7.66. The molecule has 0 aliphatic rings. The molecule has 0 aliphatic carbocycles. The van der Waals surface area contributed by atoms with Gasteiger partial charge in [0.15, 0.2) is 0 Å². The van der Waals surface area contributed by atoms with Crippen LogP contribution in [-0.4, -0.2) is 42.8 Å². The maximum absolute atomic E-state index is 12.6. The van der Waals surface area contributed by atoms with Gasteiger partial charge in [-0.25, -0.2) is 9.59 Å². The number of alkyl carbamates (subject to hydrolysis) is 1. The summed E-state index contributed by atoms with van der Waals surface area (Å²) in [5, 5.41) is 5.25. The molecule has 0 saturated carbocycles. The van der Waals surface area contributed by atoms with Crippen molar-refractivity contribution in [3.8, 4) is 0 Å². The van der Waals surface area contributed by atoms with Crippen molar-refractivity contribution < 1.29 is 23.9 Å². The summed E-state index contributed by atoms with van der Waals surface area (Å²) in [6, 6.07) is -1.65. The Morgan fingerprint density at radius 3 is 1.75 bits per heavy atom. The number of hydrogen-bond acceptors (Lipinski definition) is 5. The number of amides is 2. The van der Waals surface area contributed by atoms with Crippen molar-refractivity contribution in [1.82, 2.24) is 10.6 Å². The normalized spacial score (nSPS) is 14.6. The number of rotatable bonds is 5. The van der Waals surface area contributed by atoms with Crippen molar-refractivity contribution in [2.75, 3.05) is 7.11 Å². The zero-order valence-corrected chi connectivity index (χ0v) is 16.3. The molecule has 2 amide bonds. The van der Waals surface area contributed by atoms with Crippen LogP contribution in [0.25, 0.3) is 0 Å². The Morgan fingerprint density at radius 2 is 1.42 bits per heavy atom. The van der Waals surface area contributed by atoms with E-state index in [2.05, 4.69) is 10.6 Å². The lowest BCUT2D eigenvalue weighted by Gasteiger charge is -2.32. The third-order valence-corrected chi connectivity index (χ3v) is 3.21. The number of hydrogen-bond donors (Lipinski definition) is 2. The number of nitrogens with one attached hydrogen (secondary N) is 2. The number of carbonyl (C=O) groups excluding carboxylic acids is 3. The highest BCUT2D eigenvalue weighted by atomic mass is 16.6. The van der Waals surface area contributed by atoms with E-state index >= 15 is 0 Å². The van der Waals surface area contributed by atoms with Gasteiger partial charge in [-0.3, -0.25) is 4.79 Å². The molecule has 2 atom stereocenters. The lowest BCUT2D eigenvalue weighted by molar-refractivity contribution is -0.147. The second-order valence-electron chi connectivity index (χ2n) is 8.20. The van der Waals surface area contributed by atoms with Gasteiger partial charge in [0.05, 0.1) is 7.11 Å². The first-order valence-electron chi connectivity index (χ1n) is 8.06. The van der Waals surface area contributed by atoms with Crippen molar-refractivity contribution in [3.05, 3.63) is 0 Å². The second kappa shape index (κ2) is 8.35. The van der Waals surface area contributed by atoms with Crippen molar-refractivity contribution >= 4 is 18.0 Å². The fraction of sp³-hybridized carbons (Fsp3) is 0.824. The van der Waals surface area contributed by atoms with E-state index in [1.165, 1.54) is 7.11 Å². The minimum Gasteiger partial charge on any atom is -0.467 e. The van der Waals surface area contributed by atoms with Gasteiger partial charge < -0.3 is 20.1 Å². The van der Waals surface area contributed by atoms with Crippen molar-refractivity contribution in [1.29, 1.82) is 0 Å². The monoisotopic (exact) mass is 344 g/mol. The Kier molecular flexibility index (Phi) is 7.73. The van der Waals surface area contributed by atoms with Gasteiger partial charge >= 0.3 is 12.1 Å². The molecule has 0 aromatic heterocycles. The molecule has 24 heavy (non-hydrogen) atoms. The fourth-order valence-electron chi connectivity index (χ4n) is 1.96. The molecule has 0 heterocycles. The van der Waals surface area contributed by atoms with Crippen LogP contribution in [-0.2, 0) is 19.1 Å². The fourth-order valence-corrected chi connectivity index (χ4v) is 1.96. The topological polar surface area (TPSA) is 93.7 Å². The van der Waals surface area contributed by atoms with Crippen LogP contribution in [0.4, 0.5) is 4.79 Å². The molecule has 0 saturated heterocycles. The van der Waals surface area contributed by atoms with Crippen molar-refractivity contribution in [2.45, 2.75) is 73.1 Å². The maximum Gasteiger partial charge on any atom is 0.408 e. The molecule has 0 rings (SSSR count). The van der Waals surface area contributed by atoms with E-state index in [1.54, 1.807) is 34.6 Å². The smallest absolute Gasteiger partial charge is 0.408 e. The molecule has 2 unspecified atom stereocenters. The Labute approximate surface area is 144 Å². The minimum absolute atomic E-state index is 0.149. The highest BCUT2D eigenvalue weighted by molar-refractivity contribution is 5.90. The van der Waals surface area contributed by atoms with Gasteiger partial charge in [0.1, 0.15) is 17.7 Å². The Balaban J connectivity index is 5.22. The lowest BCUT2D eigenvalue weighted by atomic mass is 9.86. The Hall–Kier alpha value is -1.79. The average molecular weight is 344 g/mol. The number of carbonyl (C=O) groups is 3. The van der Waals surface area contributed by atoms with Gasteiger partial charge in [-0.1, -0.05) is 34.6 Å². The zero-order valence-electron chi connectivity index (χ0n) is 16.3. The van der Waals surface area contributed by atoms with Gasteiger partial charge in [-0.05, 0) is 32.1 Å². The predicted octanol–water partition coefficient (Wildman–Crippen LogP) is 2.24. The van der Waals surface area contributed by atoms with Crippen LogP contribution in [0.1, 0.15) is 55.4 Å². The summed E-state index contributed by atoms with van der Waals surface area (Å²) in [6.07, 6.45) is -0.684. The Morgan fingerprint density at radius 1 is 0.917 bits per heavy atom. The number of esters is 1. The van der Waals surface area contributed by atoms with Crippen LogP contribution >= 0.6 is 0 Å². The average Bonchev–Trinajstić information content (AvgIpc) is 2.37. The maximum atomic E-state index is 12.6. The van der Waals surface area contributed by atoms with E-state index in [-0.39, 0.29) is 5.92 Å². The molecular formula is C17H32N2O5. The molecule has 0 aromatic carbocycles. The predicted molar refractivity (Wildman–Crippen MR) is 91.4 cm³/mol. The largest absolute Gasteiger partial charge is 0.467 e. The standard InChI is InChI=1S/C17H32N2O5/c1-10(2)11(14(21)23-9)18-13(20)12(16(3,4)5)19-15(22)24-17(6,7)8/h10-12H,1-9H3,(H,18,20)(H,19,22). The van der Waals surface area contributed by atoms with E-state index in [1.807, 2.05) is 20.8 Å². The summed E-state index contributed by atoms with van der Waals surface area (Å²) in [7, 11) is 1.27. The van der Waals surface area contributed by atoms with Gasteiger partial charge in [0.2, 0.25) is 5.91 Å². The van der Waals surface area contributed by atoms with Crippen LogP contribution in [0.3, 0.4) is 0 Å². The number of ether oxygens (including phenoxy) is 2. The molecule has 0 bridgehead atoms. The SMILES string of the molecule is COC(=O)C(NC(=O)C(NC(=O)OC(C)(C)C)C(C)(C)C)C(C)C. The molecule has 0 radical (unpaired) electrons. The van der Waals surface area contributed by atoms with E-state index in [0.717, 1.165) is 0 Å². The molecule has 7 nitrogen and oxygen atoms in total. The molecule has 0 fully saturated rings. The molecule has 2 N–H and O–H groups in total. The Bertz CT molecular complexity index is 461. The van der Waals surface area contributed by atoms with Crippen molar-refractivity contribution in [3.63, 3.8) is 0 Å². The number of methoxy groups -OCH3 is 1. The van der Waals surface area contributed by atoms with E-state index < -0.39 is 41.1 Å². The van der Waals surface area contributed by atoms with Crippen LogP contribution in [0, 0.1) is 11.3 Å². The summed E-state index contributed by atoms with van der Waals surface area (Å²) in [6.45, 7) is 14.3. The summed E-state index contributed by atoms with van der Waals surface area (Å²) < 4.78 is 9.93. The summed E-state index contributed by atoms with van der Waals surface area (Å²) in [5.74, 6) is -1.13. The van der Waals surface area contributed by atoms with Gasteiger partial charge in [0, 0.05) is 0 Å². The lowest BCUT2D eigenvalue weighted by Crippen LogP contribution is -2.58.